The van der Waals surface area contributed by atoms with Crippen LogP contribution in [-0.2, 0) is 22.7 Å². The van der Waals surface area contributed by atoms with Crippen LogP contribution in [0.15, 0.2) is 24.4 Å². The summed E-state index contributed by atoms with van der Waals surface area (Å²) >= 11 is 0. The number of aryl methyl sites for hydroxylation is 1. The minimum absolute atomic E-state index is 0.0114. The number of hydrogen-bond donors (Lipinski definition) is 2. The second kappa shape index (κ2) is 8.27. The Kier molecular flexibility index (Phi) is 5.35. The van der Waals surface area contributed by atoms with E-state index < -0.39 is 41.2 Å². The van der Waals surface area contributed by atoms with E-state index in [1.165, 1.54) is 18.2 Å². The molecule has 3 aliphatic rings. The SMILES string of the molecule is O=C(O)N1C(=O)C(N2C(=O)c3cccc(OCc4cn(CCCO)nn4)c3C2=O)CC2(CC2)C1=O. The van der Waals surface area contributed by atoms with Gasteiger partial charge in [0.2, 0.25) is 5.91 Å². The number of rotatable bonds is 7. The fourth-order valence-corrected chi connectivity index (χ4v) is 4.56. The molecule has 182 valence electrons. The summed E-state index contributed by atoms with van der Waals surface area (Å²) in [5.41, 5.74) is -0.604. The minimum Gasteiger partial charge on any atom is -0.486 e. The molecular formula is C22H21N5O8. The van der Waals surface area contributed by atoms with Crippen LogP contribution in [0.3, 0.4) is 0 Å². The summed E-state index contributed by atoms with van der Waals surface area (Å²) < 4.78 is 7.30. The van der Waals surface area contributed by atoms with Crippen molar-refractivity contribution in [1.82, 2.24) is 24.8 Å². The molecule has 2 aliphatic heterocycles. The van der Waals surface area contributed by atoms with E-state index in [4.69, 9.17) is 9.84 Å². The normalized spacial score (nSPS) is 20.5. The van der Waals surface area contributed by atoms with E-state index in [2.05, 4.69) is 10.3 Å². The number of aliphatic hydroxyl groups excluding tert-OH is 1. The number of amides is 5. The number of piperidine rings is 1. The third kappa shape index (κ3) is 3.64. The first-order valence-electron chi connectivity index (χ1n) is 11.0. The van der Waals surface area contributed by atoms with Crippen molar-refractivity contribution < 1.29 is 38.9 Å². The molecule has 35 heavy (non-hydrogen) atoms. The van der Waals surface area contributed by atoms with E-state index in [0.717, 1.165) is 4.90 Å². The number of hydrogen-bond acceptors (Lipinski definition) is 9. The predicted molar refractivity (Wildman–Crippen MR) is 113 cm³/mol. The Morgan fingerprint density at radius 2 is 1.94 bits per heavy atom. The number of benzene rings is 1. The molecule has 5 amide bonds. The Bertz CT molecular complexity index is 1270. The van der Waals surface area contributed by atoms with Crippen LogP contribution < -0.4 is 4.74 Å². The zero-order chi connectivity index (χ0) is 24.9. The van der Waals surface area contributed by atoms with Gasteiger partial charge in [-0.1, -0.05) is 11.3 Å². The Hall–Kier alpha value is -4.13. The molecule has 2 fully saturated rings. The average Bonchev–Trinajstić information content (AvgIpc) is 3.38. The maximum absolute atomic E-state index is 13.4. The van der Waals surface area contributed by atoms with Crippen molar-refractivity contribution >= 4 is 29.7 Å². The van der Waals surface area contributed by atoms with Gasteiger partial charge in [0.25, 0.3) is 17.7 Å². The van der Waals surface area contributed by atoms with Crippen molar-refractivity contribution in [2.45, 2.75) is 44.9 Å². The number of carbonyl (C=O) groups is 5. The summed E-state index contributed by atoms with van der Waals surface area (Å²) in [4.78, 5) is 64.5. The third-order valence-corrected chi connectivity index (χ3v) is 6.52. The van der Waals surface area contributed by atoms with Gasteiger partial charge < -0.3 is 14.9 Å². The van der Waals surface area contributed by atoms with Crippen molar-refractivity contribution in [3.8, 4) is 5.75 Å². The van der Waals surface area contributed by atoms with Crippen LogP contribution >= 0.6 is 0 Å². The van der Waals surface area contributed by atoms with E-state index in [9.17, 15) is 29.1 Å². The van der Waals surface area contributed by atoms with Gasteiger partial charge in [0.05, 0.1) is 22.7 Å². The van der Waals surface area contributed by atoms with Crippen LogP contribution in [0.5, 0.6) is 5.75 Å². The van der Waals surface area contributed by atoms with Crippen molar-refractivity contribution in [3.05, 3.63) is 41.2 Å². The molecule has 0 radical (unpaired) electrons. The fraction of sp³-hybridized carbons (Fsp3) is 0.409. The Morgan fingerprint density at radius 1 is 1.17 bits per heavy atom. The second-order valence-corrected chi connectivity index (χ2v) is 8.76. The van der Waals surface area contributed by atoms with Gasteiger partial charge in [-0.15, -0.1) is 5.10 Å². The summed E-state index contributed by atoms with van der Waals surface area (Å²) in [5, 5.41) is 26.2. The highest BCUT2D eigenvalue weighted by atomic mass is 16.5. The fourth-order valence-electron chi connectivity index (χ4n) is 4.56. The molecule has 1 aromatic heterocycles. The lowest BCUT2D eigenvalue weighted by molar-refractivity contribution is -0.153. The number of likely N-dealkylation sites (tertiary alicyclic amines) is 1. The lowest BCUT2D eigenvalue weighted by Crippen LogP contribution is -2.60. The third-order valence-electron chi connectivity index (χ3n) is 6.52. The maximum atomic E-state index is 13.4. The molecule has 0 bridgehead atoms. The molecule has 13 nitrogen and oxygen atoms in total. The quantitative estimate of drug-likeness (QED) is 0.526. The molecule has 5 rings (SSSR count). The lowest BCUT2D eigenvalue weighted by Gasteiger charge is -2.36. The van der Waals surface area contributed by atoms with Gasteiger partial charge in [-0.3, -0.25) is 28.8 Å². The first-order valence-corrected chi connectivity index (χ1v) is 11.0. The van der Waals surface area contributed by atoms with E-state index >= 15 is 0 Å². The van der Waals surface area contributed by atoms with Crippen LogP contribution in [0, 0.1) is 5.41 Å². The summed E-state index contributed by atoms with van der Waals surface area (Å²) in [6.45, 7) is 0.431. The first kappa shape index (κ1) is 22.7. The topological polar surface area (TPSA) is 172 Å². The Balaban J connectivity index is 1.39. The largest absolute Gasteiger partial charge is 0.486 e. The number of nitrogens with zero attached hydrogens (tertiary/aromatic N) is 5. The molecule has 1 unspecified atom stereocenters. The molecule has 1 saturated carbocycles. The maximum Gasteiger partial charge on any atom is 0.421 e. The molecule has 1 aromatic carbocycles. The van der Waals surface area contributed by atoms with E-state index in [-0.39, 0.29) is 41.4 Å². The number of carbonyl (C=O) groups excluding carboxylic acids is 4. The van der Waals surface area contributed by atoms with Crippen molar-refractivity contribution in [2.24, 2.45) is 5.41 Å². The van der Waals surface area contributed by atoms with Crippen molar-refractivity contribution in [2.75, 3.05) is 6.61 Å². The van der Waals surface area contributed by atoms with Gasteiger partial charge in [0, 0.05) is 13.2 Å². The number of aromatic nitrogens is 3. The molecule has 3 heterocycles. The highest BCUT2D eigenvalue weighted by Gasteiger charge is 2.63. The van der Waals surface area contributed by atoms with Gasteiger partial charge in [-0.2, -0.15) is 4.90 Å². The van der Waals surface area contributed by atoms with Gasteiger partial charge in [-0.25, -0.2) is 4.79 Å². The van der Waals surface area contributed by atoms with Gasteiger partial charge in [-0.05, 0) is 37.8 Å². The molecular weight excluding hydrogens is 462 g/mol. The van der Waals surface area contributed by atoms with Gasteiger partial charge in [0.15, 0.2) is 0 Å². The van der Waals surface area contributed by atoms with Crippen LogP contribution in [0.25, 0.3) is 0 Å². The predicted octanol–water partition coefficient (Wildman–Crippen LogP) is 0.421. The van der Waals surface area contributed by atoms with Gasteiger partial charge in [0.1, 0.15) is 24.1 Å². The highest BCUT2D eigenvalue weighted by Crippen LogP contribution is 2.54. The molecule has 1 spiro atoms. The number of fused-ring (bicyclic) bond motifs is 1. The summed E-state index contributed by atoms with van der Waals surface area (Å²) in [5.74, 6) is -3.36. The standard InChI is InChI=1S/C22H21N5O8/c28-8-2-7-25-10-12(23-24-25)11-35-15-4-1-3-13-16(15)19(31)26(17(13)29)14-9-22(5-6-22)20(32)27(18(14)30)21(33)34/h1,3-4,10,14,28H,2,5-9,11H2,(H,33,34). The van der Waals surface area contributed by atoms with E-state index in [1.54, 1.807) is 10.9 Å². The second-order valence-electron chi connectivity index (χ2n) is 8.76. The van der Waals surface area contributed by atoms with Crippen molar-refractivity contribution in [3.63, 3.8) is 0 Å². The summed E-state index contributed by atoms with van der Waals surface area (Å²) in [6, 6.07) is 3.05. The van der Waals surface area contributed by atoms with Gasteiger partial charge >= 0.3 is 6.09 Å². The Labute approximate surface area is 197 Å². The van der Waals surface area contributed by atoms with Crippen LogP contribution in [0.4, 0.5) is 4.79 Å². The number of ether oxygens (including phenoxy) is 1. The average molecular weight is 483 g/mol. The molecule has 2 aromatic rings. The Morgan fingerprint density at radius 3 is 2.63 bits per heavy atom. The molecule has 2 N–H and O–H groups in total. The molecule has 1 saturated heterocycles. The van der Waals surface area contributed by atoms with Crippen LogP contribution in [-0.4, -0.2) is 77.4 Å². The number of imide groups is 4. The van der Waals surface area contributed by atoms with E-state index in [0.29, 0.717) is 31.5 Å². The lowest BCUT2D eigenvalue weighted by atomic mass is 9.89. The smallest absolute Gasteiger partial charge is 0.421 e. The minimum atomic E-state index is -1.73. The summed E-state index contributed by atoms with van der Waals surface area (Å²) in [6.07, 6.45) is 1.07. The molecule has 1 atom stereocenters. The van der Waals surface area contributed by atoms with E-state index in [1.807, 2.05) is 0 Å². The monoisotopic (exact) mass is 483 g/mol. The zero-order valence-electron chi connectivity index (χ0n) is 18.4. The van der Waals surface area contributed by atoms with Crippen molar-refractivity contribution in [1.29, 1.82) is 0 Å². The highest BCUT2D eigenvalue weighted by molar-refractivity contribution is 6.25. The van der Waals surface area contributed by atoms with Crippen LogP contribution in [0.1, 0.15) is 52.1 Å². The molecule has 13 heteroatoms. The summed E-state index contributed by atoms with van der Waals surface area (Å²) in [7, 11) is 0. The molecule has 1 aliphatic carbocycles. The number of aliphatic hydroxyl groups is 1. The first-order chi connectivity index (χ1) is 16.8. The zero-order valence-corrected chi connectivity index (χ0v) is 18.4. The van der Waals surface area contributed by atoms with Crippen LogP contribution in [0.2, 0.25) is 0 Å². The number of carboxylic acid groups (broad SMARTS) is 1.